The highest BCUT2D eigenvalue weighted by Gasteiger charge is 2.13. The Morgan fingerprint density at radius 1 is 1.12 bits per heavy atom. The van der Waals surface area contributed by atoms with Crippen molar-refractivity contribution in [2.24, 2.45) is 0 Å². The van der Waals surface area contributed by atoms with Crippen molar-refractivity contribution in [2.75, 3.05) is 17.7 Å². The predicted molar refractivity (Wildman–Crippen MR) is 98.9 cm³/mol. The number of aromatic nitrogens is 4. The van der Waals surface area contributed by atoms with Crippen LogP contribution < -0.4 is 10.6 Å². The molecule has 1 amide bonds. The number of aromatic amines is 1. The third-order valence-corrected chi connectivity index (χ3v) is 4.69. The van der Waals surface area contributed by atoms with E-state index < -0.39 is 0 Å². The summed E-state index contributed by atoms with van der Waals surface area (Å²) >= 11 is 1.37. The molecule has 3 N–H and O–H groups in total. The van der Waals surface area contributed by atoms with Crippen molar-refractivity contribution in [3.8, 4) is 10.6 Å². The van der Waals surface area contributed by atoms with Gasteiger partial charge < -0.3 is 10.3 Å². The number of nitrogens with one attached hydrogen (secondary N) is 3. The van der Waals surface area contributed by atoms with Crippen LogP contribution in [0, 0.1) is 0 Å². The van der Waals surface area contributed by atoms with Gasteiger partial charge in [0.2, 0.25) is 11.9 Å². The van der Waals surface area contributed by atoms with Crippen LogP contribution in [0.1, 0.15) is 9.67 Å². The van der Waals surface area contributed by atoms with Crippen molar-refractivity contribution < 1.29 is 4.79 Å². The second-order valence-corrected chi connectivity index (χ2v) is 6.32. The van der Waals surface area contributed by atoms with Crippen LogP contribution in [0.2, 0.25) is 0 Å². The quantitative estimate of drug-likeness (QED) is 0.524. The summed E-state index contributed by atoms with van der Waals surface area (Å²) in [6, 6.07) is 13.1. The van der Waals surface area contributed by atoms with Crippen molar-refractivity contribution in [1.82, 2.24) is 19.9 Å². The molecule has 0 spiro atoms. The van der Waals surface area contributed by atoms with Crippen LogP contribution in [0.3, 0.4) is 0 Å². The molecule has 0 saturated carbocycles. The molecule has 0 bridgehead atoms. The van der Waals surface area contributed by atoms with Crippen molar-refractivity contribution in [1.29, 1.82) is 0 Å². The Labute approximate surface area is 147 Å². The monoisotopic (exact) mass is 350 g/mol. The topological polar surface area (TPSA) is 95.6 Å². The lowest BCUT2D eigenvalue weighted by Crippen LogP contribution is -2.11. The van der Waals surface area contributed by atoms with Crippen molar-refractivity contribution in [3.63, 3.8) is 0 Å². The molecule has 124 valence electrons. The van der Waals surface area contributed by atoms with E-state index in [1.54, 1.807) is 19.3 Å². The summed E-state index contributed by atoms with van der Waals surface area (Å²) in [4.78, 5) is 29.8. The summed E-state index contributed by atoms with van der Waals surface area (Å²) in [7, 11) is 1.76. The maximum absolute atomic E-state index is 12.5. The van der Waals surface area contributed by atoms with Crippen molar-refractivity contribution in [3.05, 3.63) is 53.5 Å². The lowest BCUT2D eigenvalue weighted by molar-refractivity contribution is 0.103. The van der Waals surface area contributed by atoms with Gasteiger partial charge in [0, 0.05) is 13.2 Å². The van der Waals surface area contributed by atoms with Gasteiger partial charge >= 0.3 is 0 Å². The molecular formula is C17H14N6OS. The summed E-state index contributed by atoms with van der Waals surface area (Å²) in [6.07, 6.45) is 1.68. The van der Waals surface area contributed by atoms with Gasteiger partial charge in [0.1, 0.15) is 0 Å². The molecule has 0 radical (unpaired) electrons. The van der Waals surface area contributed by atoms with Crippen LogP contribution in [0.4, 0.5) is 11.9 Å². The van der Waals surface area contributed by atoms with Crippen LogP contribution in [0.15, 0.2) is 48.7 Å². The fourth-order valence-electron chi connectivity index (χ4n) is 2.40. The van der Waals surface area contributed by atoms with Gasteiger partial charge in [0.15, 0.2) is 0 Å². The van der Waals surface area contributed by atoms with E-state index in [4.69, 9.17) is 0 Å². The van der Waals surface area contributed by atoms with Crippen LogP contribution in [-0.4, -0.2) is 32.9 Å². The molecule has 0 aliphatic carbocycles. The second kappa shape index (κ2) is 6.33. The first kappa shape index (κ1) is 15.3. The molecular weight excluding hydrogens is 336 g/mol. The third kappa shape index (κ3) is 3.07. The Morgan fingerprint density at radius 3 is 2.84 bits per heavy atom. The van der Waals surface area contributed by atoms with Crippen LogP contribution in [-0.2, 0) is 0 Å². The summed E-state index contributed by atoms with van der Waals surface area (Å²) in [5.41, 5.74) is 2.46. The lowest BCUT2D eigenvalue weighted by atomic mass is 10.3. The number of rotatable bonds is 4. The molecule has 1 aromatic carbocycles. The first-order valence-electron chi connectivity index (χ1n) is 7.60. The van der Waals surface area contributed by atoms with E-state index in [1.165, 1.54) is 11.3 Å². The van der Waals surface area contributed by atoms with Crippen LogP contribution in [0.5, 0.6) is 0 Å². The molecule has 0 fully saturated rings. The van der Waals surface area contributed by atoms with E-state index in [1.807, 2.05) is 36.4 Å². The zero-order valence-corrected chi connectivity index (χ0v) is 14.1. The molecule has 25 heavy (non-hydrogen) atoms. The molecule has 0 aliphatic heterocycles. The molecule has 4 aromatic rings. The summed E-state index contributed by atoms with van der Waals surface area (Å²) < 4.78 is 0. The average molecular weight is 350 g/mol. The number of hydrogen-bond donors (Lipinski definition) is 3. The second-order valence-electron chi connectivity index (χ2n) is 5.24. The molecule has 7 nitrogen and oxygen atoms in total. The van der Waals surface area contributed by atoms with Gasteiger partial charge in [-0.25, -0.2) is 15.0 Å². The molecule has 3 heterocycles. The summed E-state index contributed by atoms with van der Waals surface area (Å²) in [5, 5.41) is 5.70. The van der Waals surface area contributed by atoms with E-state index in [0.29, 0.717) is 16.8 Å². The van der Waals surface area contributed by atoms with Gasteiger partial charge in [0.05, 0.1) is 26.5 Å². The minimum atomic E-state index is -0.210. The lowest BCUT2D eigenvalue weighted by Gasteiger charge is -2.00. The van der Waals surface area contributed by atoms with Gasteiger partial charge in [-0.2, -0.15) is 0 Å². The molecule has 4 rings (SSSR count). The summed E-state index contributed by atoms with van der Waals surface area (Å²) in [6.45, 7) is 0. The number of carbonyl (C=O) groups excluding carboxylic acids is 1. The van der Waals surface area contributed by atoms with E-state index in [-0.39, 0.29) is 5.91 Å². The fourth-order valence-corrected chi connectivity index (χ4v) is 3.27. The Morgan fingerprint density at radius 2 is 2.00 bits per heavy atom. The highest BCUT2D eigenvalue weighted by molar-refractivity contribution is 7.17. The molecule has 0 atom stereocenters. The molecule has 3 aromatic heterocycles. The smallest absolute Gasteiger partial charge is 0.268 e. The van der Waals surface area contributed by atoms with Gasteiger partial charge in [-0.1, -0.05) is 12.1 Å². The van der Waals surface area contributed by atoms with Gasteiger partial charge in [-0.3, -0.25) is 10.1 Å². The van der Waals surface area contributed by atoms with E-state index in [2.05, 4.69) is 30.6 Å². The number of fused-ring (bicyclic) bond motifs is 1. The number of amides is 1. The van der Waals surface area contributed by atoms with Crippen LogP contribution in [0.25, 0.3) is 21.6 Å². The number of carbonyl (C=O) groups is 1. The van der Waals surface area contributed by atoms with Crippen molar-refractivity contribution >= 4 is 40.2 Å². The van der Waals surface area contributed by atoms with Gasteiger partial charge in [-0.15, -0.1) is 11.3 Å². The zero-order valence-electron chi connectivity index (χ0n) is 13.3. The average Bonchev–Trinajstić information content (AvgIpc) is 3.28. The minimum absolute atomic E-state index is 0.210. The highest BCUT2D eigenvalue weighted by atomic mass is 32.1. The number of benzene rings is 1. The molecule has 0 unspecified atom stereocenters. The number of hydrogen-bond acceptors (Lipinski definition) is 6. The molecule has 0 aliphatic rings. The number of H-pyrrole nitrogens is 1. The number of nitrogens with zero attached hydrogens (tertiary/aromatic N) is 3. The van der Waals surface area contributed by atoms with E-state index >= 15 is 0 Å². The maximum Gasteiger partial charge on any atom is 0.268 e. The van der Waals surface area contributed by atoms with Crippen molar-refractivity contribution in [2.45, 2.75) is 0 Å². The number of thiophene rings is 1. The standard InChI is InChI=1S/C17H14N6OS/c1-18-16-19-9-8-12(22-16)13-6-7-14(25-13)15(24)23-17-20-10-4-2-3-5-11(10)21-17/h2-9H,1H3,(H,18,19,22)(H2,20,21,23,24). The van der Waals surface area contributed by atoms with Gasteiger partial charge in [0.25, 0.3) is 5.91 Å². The highest BCUT2D eigenvalue weighted by Crippen LogP contribution is 2.27. The van der Waals surface area contributed by atoms with E-state index in [9.17, 15) is 4.79 Å². The molecule has 0 saturated heterocycles. The Kier molecular flexibility index (Phi) is 3.87. The SMILES string of the molecule is CNc1nccc(-c2ccc(C(=O)Nc3nc4ccccc4[nH]3)s2)n1. The number of anilines is 2. The number of para-hydroxylation sites is 2. The zero-order chi connectivity index (χ0) is 17.2. The normalized spacial score (nSPS) is 10.8. The molecule has 8 heteroatoms. The minimum Gasteiger partial charge on any atom is -0.357 e. The Bertz CT molecular complexity index is 1020. The fraction of sp³-hybridized carbons (Fsp3) is 0.0588. The predicted octanol–water partition coefficient (Wildman–Crippen LogP) is 3.38. The Balaban J connectivity index is 1.55. The largest absolute Gasteiger partial charge is 0.357 e. The first-order valence-corrected chi connectivity index (χ1v) is 8.42. The van der Waals surface area contributed by atoms with E-state index in [0.717, 1.165) is 21.6 Å². The third-order valence-electron chi connectivity index (χ3n) is 3.58. The van der Waals surface area contributed by atoms with Gasteiger partial charge in [-0.05, 0) is 30.3 Å². The first-order chi connectivity index (χ1) is 12.2. The number of imidazole rings is 1. The Hall–Kier alpha value is -3.26. The summed E-state index contributed by atoms with van der Waals surface area (Å²) in [5.74, 6) is 0.762. The van der Waals surface area contributed by atoms with Crippen LogP contribution >= 0.6 is 11.3 Å². The maximum atomic E-state index is 12.5.